The van der Waals surface area contributed by atoms with Crippen molar-refractivity contribution >= 4 is 16.0 Å². The Balaban J connectivity index is 1.50. The lowest BCUT2D eigenvalue weighted by molar-refractivity contribution is 0.0461. The van der Waals surface area contributed by atoms with E-state index < -0.39 is 27.4 Å². The van der Waals surface area contributed by atoms with Crippen molar-refractivity contribution in [3.63, 3.8) is 0 Å². The number of benzene rings is 2. The van der Waals surface area contributed by atoms with Crippen molar-refractivity contribution in [2.45, 2.75) is 18.4 Å². The summed E-state index contributed by atoms with van der Waals surface area (Å²) in [6, 6.07) is 12.3. The topological polar surface area (TPSA) is 98.9 Å². The van der Waals surface area contributed by atoms with Crippen LogP contribution in [0.5, 0.6) is 0 Å². The number of morpholine rings is 1. The van der Waals surface area contributed by atoms with Crippen molar-refractivity contribution in [2.24, 2.45) is 0 Å². The second kappa shape index (κ2) is 9.19. The van der Waals surface area contributed by atoms with Gasteiger partial charge in [-0.05, 0) is 37.3 Å². The first kappa shape index (κ1) is 22.1. The summed E-state index contributed by atoms with van der Waals surface area (Å²) in [4.78, 5) is 16.7. The van der Waals surface area contributed by atoms with Crippen LogP contribution < -0.4 is 0 Å². The van der Waals surface area contributed by atoms with Crippen molar-refractivity contribution in [3.05, 3.63) is 71.4 Å². The highest BCUT2D eigenvalue weighted by Gasteiger charge is 2.28. The van der Waals surface area contributed by atoms with E-state index in [9.17, 15) is 17.6 Å². The largest absolute Gasteiger partial charge is 0.455 e. The Labute approximate surface area is 184 Å². The van der Waals surface area contributed by atoms with E-state index in [4.69, 9.17) is 13.9 Å². The molecule has 0 bridgehead atoms. The van der Waals surface area contributed by atoms with Crippen LogP contribution in [0.4, 0.5) is 4.39 Å². The standard InChI is InChI=1S/C22H21FN2O6S/c1-15-20(24-21(31-15)16-5-3-2-4-6-16)14-30-22(26)18-13-17(7-8-19(18)23)32(27,28)25-9-11-29-12-10-25/h2-8,13H,9-12,14H2,1H3. The lowest BCUT2D eigenvalue weighted by Gasteiger charge is -2.26. The molecule has 2 heterocycles. The number of halogens is 1. The Bertz CT molecular complexity index is 1220. The predicted molar refractivity (Wildman–Crippen MR) is 112 cm³/mol. The summed E-state index contributed by atoms with van der Waals surface area (Å²) in [6.45, 7) is 2.36. The summed E-state index contributed by atoms with van der Waals surface area (Å²) < 4.78 is 57.2. The normalized spacial score (nSPS) is 14.9. The lowest BCUT2D eigenvalue weighted by Crippen LogP contribution is -2.40. The average molecular weight is 460 g/mol. The van der Waals surface area contributed by atoms with Gasteiger partial charge in [-0.1, -0.05) is 18.2 Å². The van der Waals surface area contributed by atoms with E-state index in [1.165, 1.54) is 4.31 Å². The molecule has 0 spiro atoms. The van der Waals surface area contributed by atoms with Crippen molar-refractivity contribution in [1.82, 2.24) is 9.29 Å². The Hall–Kier alpha value is -3.08. The number of nitrogens with zero attached hydrogens (tertiary/aromatic N) is 2. The number of carbonyl (C=O) groups is 1. The van der Waals surface area contributed by atoms with Gasteiger partial charge in [-0.15, -0.1) is 0 Å². The van der Waals surface area contributed by atoms with Crippen molar-refractivity contribution in [3.8, 4) is 11.5 Å². The van der Waals surface area contributed by atoms with Gasteiger partial charge in [0.15, 0.2) is 0 Å². The zero-order valence-corrected chi connectivity index (χ0v) is 18.1. The van der Waals surface area contributed by atoms with Crippen LogP contribution in [0.1, 0.15) is 21.8 Å². The van der Waals surface area contributed by atoms with Gasteiger partial charge in [-0.3, -0.25) is 0 Å². The maximum absolute atomic E-state index is 14.3. The third kappa shape index (κ3) is 4.57. The highest BCUT2D eigenvalue weighted by molar-refractivity contribution is 7.89. The quantitative estimate of drug-likeness (QED) is 0.521. The molecule has 0 atom stereocenters. The summed E-state index contributed by atoms with van der Waals surface area (Å²) in [6.07, 6.45) is 0. The summed E-state index contributed by atoms with van der Waals surface area (Å²) in [5.74, 6) is -1.04. The Kier molecular flexibility index (Phi) is 6.35. The van der Waals surface area contributed by atoms with E-state index in [-0.39, 0.29) is 37.8 Å². The molecule has 0 unspecified atom stereocenters. The second-order valence-corrected chi connectivity index (χ2v) is 9.06. The molecule has 10 heteroatoms. The minimum absolute atomic E-state index is 0.184. The van der Waals surface area contributed by atoms with Gasteiger partial charge < -0.3 is 13.9 Å². The molecule has 1 fully saturated rings. The van der Waals surface area contributed by atoms with E-state index >= 15 is 0 Å². The van der Waals surface area contributed by atoms with Crippen molar-refractivity contribution < 1.29 is 31.5 Å². The van der Waals surface area contributed by atoms with Gasteiger partial charge in [0.2, 0.25) is 15.9 Å². The molecule has 0 saturated carbocycles. The molecule has 0 radical (unpaired) electrons. The highest BCUT2D eigenvalue weighted by atomic mass is 32.2. The maximum Gasteiger partial charge on any atom is 0.341 e. The van der Waals surface area contributed by atoms with Crippen LogP contribution >= 0.6 is 0 Å². The molecule has 1 aliphatic rings. The molecule has 1 aromatic heterocycles. The number of hydrogen-bond acceptors (Lipinski definition) is 7. The summed E-state index contributed by atoms with van der Waals surface area (Å²) >= 11 is 0. The number of sulfonamides is 1. The van der Waals surface area contributed by atoms with Crippen LogP contribution in [0, 0.1) is 12.7 Å². The first-order valence-corrected chi connectivity index (χ1v) is 11.4. The maximum atomic E-state index is 14.3. The van der Waals surface area contributed by atoms with E-state index in [1.54, 1.807) is 6.92 Å². The minimum atomic E-state index is -3.88. The van der Waals surface area contributed by atoms with Crippen molar-refractivity contribution in [1.29, 1.82) is 0 Å². The molecular formula is C22H21FN2O6S. The van der Waals surface area contributed by atoms with E-state index in [0.29, 0.717) is 17.3 Å². The first-order valence-electron chi connectivity index (χ1n) is 9.92. The van der Waals surface area contributed by atoms with Gasteiger partial charge in [0.05, 0.1) is 23.7 Å². The van der Waals surface area contributed by atoms with E-state index in [0.717, 1.165) is 23.8 Å². The van der Waals surface area contributed by atoms with E-state index in [1.807, 2.05) is 30.3 Å². The van der Waals surface area contributed by atoms with Crippen LogP contribution in [0.3, 0.4) is 0 Å². The van der Waals surface area contributed by atoms with Crippen LogP contribution in [-0.4, -0.2) is 50.0 Å². The van der Waals surface area contributed by atoms with Gasteiger partial charge in [0.1, 0.15) is 23.9 Å². The fourth-order valence-corrected chi connectivity index (χ4v) is 4.67. The Morgan fingerprint density at radius 1 is 1.16 bits per heavy atom. The third-order valence-electron chi connectivity index (χ3n) is 5.02. The molecule has 4 rings (SSSR count). The van der Waals surface area contributed by atoms with Gasteiger partial charge in [0, 0.05) is 18.7 Å². The molecule has 0 N–H and O–H groups in total. The number of hydrogen-bond donors (Lipinski definition) is 0. The lowest BCUT2D eigenvalue weighted by atomic mass is 10.2. The number of aryl methyl sites for hydroxylation is 1. The molecule has 168 valence electrons. The predicted octanol–water partition coefficient (Wildman–Crippen LogP) is 3.17. The Morgan fingerprint density at radius 3 is 2.59 bits per heavy atom. The molecule has 32 heavy (non-hydrogen) atoms. The van der Waals surface area contributed by atoms with Crippen LogP contribution in [-0.2, 0) is 26.1 Å². The summed E-state index contributed by atoms with van der Waals surface area (Å²) in [5, 5.41) is 0. The third-order valence-corrected chi connectivity index (χ3v) is 6.91. The second-order valence-electron chi connectivity index (χ2n) is 7.12. The minimum Gasteiger partial charge on any atom is -0.455 e. The average Bonchev–Trinajstić information content (AvgIpc) is 3.19. The monoisotopic (exact) mass is 460 g/mol. The number of carbonyl (C=O) groups excluding carboxylic acids is 1. The summed E-state index contributed by atoms with van der Waals surface area (Å²) in [5.41, 5.74) is 0.679. The van der Waals surface area contributed by atoms with Gasteiger partial charge in [-0.25, -0.2) is 22.6 Å². The van der Waals surface area contributed by atoms with Gasteiger partial charge in [-0.2, -0.15) is 4.31 Å². The van der Waals surface area contributed by atoms with Crippen LogP contribution in [0.2, 0.25) is 0 Å². The van der Waals surface area contributed by atoms with Crippen LogP contribution in [0.15, 0.2) is 57.8 Å². The molecule has 1 aliphatic heterocycles. The van der Waals surface area contributed by atoms with Crippen molar-refractivity contribution in [2.75, 3.05) is 26.3 Å². The molecule has 0 amide bonds. The zero-order valence-electron chi connectivity index (χ0n) is 17.3. The smallest absolute Gasteiger partial charge is 0.341 e. The molecule has 1 saturated heterocycles. The number of ether oxygens (including phenoxy) is 2. The first-order chi connectivity index (χ1) is 15.4. The molecule has 0 aliphatic carbocycles. The van der Waals surface area contributed by atoms with Gasteiger partial charge in [0.25, 0.3) is 0 Å². The molecule has 2 aromatic carbocycles. The number of rotatable bonds is 6. The number of aromatic nitrogens is 1. The fraction of sp³-hybridized carbons (Fsp3) is 0.273. The highest BCUT2D eigenvalue weighted by Crippen LogP contribution is 2.24. The zero-order chi connectivity index (χ0) is 22.7. The number of oxazole rings is 1. The fourth-order valence-electron chi connectivity index (χ4n) is 3.24. The summed E-state index contributed by atoms with van der Waals surface area (Å²) in [7, 11) is -3.88. The molecule has 3 aromatic rings. The molecular weight excluding hydrogens is 439 g/mol. The SMILES string of the molecule is Cc1oc(-c2ccccc2)nc1COC(=O)c1cc(S(=O)(=O)N2CCOCC2)ccc1F. The van der Waals surface area contributed by atoms with E-state index in [2.05, 4.69) is 4.98 Å². The molecule has 8 nitrogen and oxygen atoms in total. The number of esters is 1. The Morgan fingerprint density at radius 2 is 1.88 bits per heavy atom. The van der Waals surface area contributed by atoms with Crippen LogP contribution in [0.25, 0.3) is 11.5 Å². The van der Waals surface area contributed by atoms with Gasteiger partial charge >= 0.3 is 5.97 Å².